The van der Waals surface area contributed by atoms with Crippen LogP contribution in [0.1, 0.15) is 21.5 Å². The summed E-state index contributed by atoms with van der Waals surface area (Å²) in [6.07, 6.45) is 0. The number of sulfonamides is 1. The van der Waals surface area contributed by atoms with Gasteiger partial charge in [-0.3, -0.25) is 9.52 Å². The maximum absolute atomic E-state index is 12.8. The third-order valence-electron chi connectivity index (χ3n) is 4.25. The van der Waals surface area contributed by atoms with Crippen LogP contribution in [0.5, 0.6) is 0 Å². The number of carbonyl (C=O) groups is 1. The number of benzene rings is 3. The van der Waals surface area contributed by atoms with Gasteiger partial charge >= 0.3 is 0 Å². The van der Waals surface area contributed by atoms with E-state index >= 15 is 0 Å². The molecule has 0 aliphatic rings. The van der Waals surface area contributed by atoms with E-state index < -0.39 is 15.9 Å². The zero-order valence-electron chi connectivity index (χ0n) is 16.5. The molecule has 0 bridgehead atoms. The molecule has 30 heavy (non-hydrogen) atoms. The minimum Gasteiger partial charge on any atom is -0.380 e. The van der Waals surface area contributed by atoms with Gasteiger partial charge in [-0.25, -0.2) is 8.42 Å². The number of aryl methyl sites for hydroxylation is 1. The Kier molecular flexibility index (Phi) is 6.77. The van der Waals surface area contributed by atoms with E-state index in [0.29, 0.717) is 18.0 Å². The molecule has 0 saturated heterocycles. The van der Waals surface area contributed by atoms with Gasteiger partial charge in [0.15, 0.2) is 0 Å². The van der Waals surface area contributed by atoms with Gasteiger partial charge in [0.05, 0.1) is 11.6 Å². The Hall–Kier alpha value is -2.87. The highest BCUT2D eigenvalue weighted by Gasteiger charge is 2.20. The molecule has 2 N–H and O–H groups in total. The number of methoxy groups -OCH3 is 1. The Morgan fingerprint density at radius 3 is 2.47 bits per heavy atom. The minimum absolute atomic E-state index is 0.0220. The summed E-state index contributed by atoms with van der Waals surface area (Å²) in [5.74, 6) is -0.451. The van der Waals surface area contributed by atoms with E-state index in [1.807, 2.05) is 19.1 Å². The zero-order valence-corrected chi connectivity index (χ0v) is 18.0. The number of nitrogens with one attached hydrogen (secondary N) is 2. The van der Waals surface area contributed by atoms with Crippen LogP contribution in [0.15, 0.2) is 71.6 Å². The van der Waals surface area contributed by atoms with E-state index in [0.717, 1.165) is 11.1 Å². The fourth-order valence-electron chi connectivity index (χ4n) is 2.88. The smallest absolute Gasteiger partial charge is 0.263 e. The number of ether oxygens (including phenoxy) is 1. The molecule has 0 aliphatic carbocycles. The average molecular weight is 445 g/mol. The van der Waals surface area contributed by atoms with E-state index in [1.165, 1.54) is 18.2 Å². The molecule has 3 aromatic rings. The Bertz CT molecular complexity index is 1180. The first-order valence-electron chi connectivity index (χ1n) is 9.07. The van der Waals surface area contributed by atoms with Crippen molar-refractivity contribution in [2.24, 2.45) is 0 Å². The monoisotopic (exact) mass is 444 g/mol. The van der Waals surface area contributed by atoms with Crippen LogP contribution in [0.25, 0.3) is 0 Å². The van der Waals surface area contributed by atoms with Crippen molar-refractivity contribution in [1.29, 1.82) is 0 Å². The molecule has 0 saturated carbocycles. The lowest BCUT2D eigenvalue weighted by atomic mass is 10.2. The summed E-state index contributed by atoms with van der Waals surface area (Å²) in [5, 5.41) is 2.78. The van der Waals surface area contributed by atoms with E-state index in [9.17, 15) is 13.2 Å². The molecule has 6 nitrogen and oxygen atoms in total. The summed E-state index contributed by atoms with van der Waals surface area (Å²) in [5.41, 5.74) is 2.96. The molecule has 3 rings (SSSR count). The summed E-state index contributed by atoms with van der Waals surface area (Å²) >= 11 is 6.13. The van der Waals surface area contributed by atoms with Gasteiger partial charge in [-0.15, -0.1) is 0 Å². The molecular weight excluding hydrogens is 424 g/mol. The van der Waals surface area contributed by atoms with E-state index in [1.54, 1.807) is 43.5 Å². The van der Waals surface area contributed by atoms with Crippen molar-refractivity contribution in [3.63, 3.8) is 0 Å². The quantitative estimate of drug-likeness (QED) is 0.545. The molecule has 0 atom stereocenters. The number of anilines is 2. The third-order valence-corrected chi connectivity index (χ3v) is 6.11. The second-order valence-electron chi connectivity index (χ2n) is 6.71. The minimum atomic E-state index is -3.98. The van der Waals surface area contributed by atoms with Gasteiger partial charge < -0.3 is 10.1 Å². The van der Waals surface area contributed by atoms with Gasteiger partial charge in [-0.1, -0.05) is 35.9 Å². The Morgan fingerprint density at radius 2 is 1.73 bits per heavy atom. The number of carbonyl (C=O) groups excluding carboxylic acids is 1. The molecule has 0 aromatic heterocycles. The fraction of sp³-hybridized carbons (Fsp3) is 0.136. The van der Waals surface area contributed by atoms with Crippen LogP contribution in [0, 0.1) is 6.92 Å². The van der Waals surface area contributed by atoms with Gasteiger partial charge in [0.1, 0.15) is 4.90 Å². The van der Waals surface area contributed by atoms with Crippen LogP contribution in [0.4, 0.5) is 11.4 Å². The van der Waals surface area contributed by atoms with Crippen molar-refractivity contribution in [1.82, 2.24) is 0 Å². The normalized spacial score (nSPS) is 11.2. The summed E-state index contributed by atoms with van der Waals surface area (Å²) in [4.78, 5) is 12.5. The highest BCUT2D eigenvalue weighted by molar-refractivity contribution is 7.92. The Labute approximate surface area is 180 Å². The molecule has 0 fully saturated rings. The molecular formula is C22H21ClN2O4S. The predicted molar refractivity (Wildman–Crippen MR) is 119 cm³/mol. The van der Waals surface area contributed by atoms with Gasteiger partial charge in [0.2, 0.25) is 0 Å². The van der Waals surface area contributed by atoms with Crippen molar-refractivity contribution < 1.29 is 17.9 Å². The Morgan fingerprint density at radius 1 is 1.00 bits per heavy atom. The summed E-state index contributed by atoms with van der Waals surface area (Å²) in [7, 11) is -2.39. The van der Waals surface area contributed by atoms with Crippen LogP contribution in [0.2, 0.25) is 5.02 Å². The average Bonchev–Trinajstić information content (AvgIpc) is 2.68. The Balaban J connectivity index is 1.85. The standard InChI is InChI=1S/C22H21ClN2O4S/c1-15-5-3-8-19(11-15)25-30(27,28)21-13-17(9-10-20(21)23)22(26)24-18-7-4-6-16(12-18)14-29-2/h3-13,25H,14H2,1-2H3,(H,24,26). The predicted octanol–water partition coefficient (Wildman–Crippen LogP) is 4.85. The number of hydrogen-bond donors (Lipinski definition) is 2. The second kappa shape index (κ2) is 9.30. The van der Waals surface area contributed by atoms with Crippen molar-refractivity contribution in [3.8, 4) is 0 Å². The molecule has 156 valence electrons. The lowest BCUT2D eigenvalue weighted by Crippen LogP contribution is -2.16. The lowest BCUT2D eigenvalue weighted by Gasteiger charge is -2.12. The first kappa shape index (κ1) is 21.8. The van der Waals surface area contributed by atoms with Gasteiger partial charge in [-0.2, -0.15) is 0 Å². The van der Waals surface area contributed by atoms with Crippen LogP contribution < -0.4 is 10.0 Å². The molecule has 0 heterocycles. The molecule has 8 heteroatoms. The van der Waals surface area contributed by atoms with Crippen molar-refractivity contribution in [3.05, 3.63) is 88.4 Å². The zero-order chi connectivity index (χ0) is 21.7. The second-order valence-corrected chi connectivity index (χ2v) is 8.77. The molecule has 1 amide bonds. The van der Waals surface area contributed by atoms with Crippen molar-refractivity contribution in [2.75, 3.05) is 17.1 Å². The molecule has 3 aromatic carbocycles. The van der Waals surface area contributed by atoms with Crippen molar-refractivity contribution >= 4 is 38.9 Å². The highest BCUT2D eigenvalue weighted by atomic mass is 35.5. The van der Waals surface area contributed by atoms with Crippen LogP contribution in [-0.2, 0) is 21.4 Å². The third kappa shape index (κ3) is 5.38. The highest BCUT2D eigenvalue weighted by Crippen LogP contribution is 2.26. The topological polar surface area (TPSA) is 84.5 Å². The maximum Gasteiger partial charge on any atom is 0.263 e. The number of hydrogen-bond acceptors (Lipinski definition) is 4. The lowest BCUT2D eigenvalue weighted by molar-refractivity contribution is 0.102. The number of halogens is 1. The van der Waals surface area contributed by atoms with Crippen LogP contribution in [0.3, 0.4) is 0 Å². The number of amides is 1. The first-order chi connectivity index (χ1) is 14.3. The van der Waals surface area contributed by atoms with Crippen LogP contribution >= 0.6 is 11.6 Å². The van der Waals surface area contributed by atoms with Gasteiger partial charge in [-0.05, 0) is 60.5 Å². The fourth-order valence-corrected chi connectivity index (χ4v) is 4.45. The van der Waals surface area contributed by atoms with Crippen molar-refractivity contribution in [2.45, 2.75) is 18.4 Å². The maximum atomic E-state index is 12.8. The molecule has 0 unspecified atom stereocenters. The van der Waals surface area contributed by atoms with E-state index in [-0.39, 0.29) is 15.5 Å². The summed E-state index contributed by atoms with van der Waals surface area (Å²) in [6, 6.07) is 18.3. The van der Waals surface area contributed by atoms with E-state index in [4.69, 9.17) is 16.3 Å². The first-order valence-corrected chi connectivity index (χ1v) is 10.9. The molecule has 0 aliphatic heterocycles. The molecule has 0 spiro atoms. The largest absolute Gasteiger partial charge is 0.380 e. The molecule has 0 radical (unpaired) electrons. The van der Waals surface area contributed by atoms with Crippen LogP contribution in [-0.4, -0.2) is 21.4 Å². The summed E-state index contributed by atoms with van der Waals surface area (Å²) in [6.45, 7) is 2.27. The summed E-state index contributed by atoms with van der Waals surface area (Å²) < 4.78 is 33.3. The van der Waals surface area contributed by atoms with E-state index in [2.05, 4.69) is 10.0 Å². The van der Waals surface area contributed by atoms with Gasteiger partial charge in [0.25, 0.3) is 15.9 Å². The SMILES string of the molecule is COCc1cccc(NC(=O)c2ccc(Cl)c(S(=O)(=O)Nc3cccc(C)c3)c2)c1. The van der Waals surface area contributed by atoms with Gasteiger partial charge in [0, 0.05) is 24.0 Å². The number of rotatable bonds is 7.